The van der Waals surface area contributed by atoms with Gasteiger partial charge < -0.3 is 10.2 Å². The number of nitrogens with zero attached hydrogens (tertiary/aromatic N) is 2. The molecule has 6 nitrogen and oxygen atoms in total. The molecule has 0 saturated carbocycles. The molecule has 3 rings (SSSR count). The maximum Gasteiger partial charge on any atom is 0.260 e. The third-order valence-electron chi connectivity index (χ3n) is 4.04. The molecule has 2 aromatic rings. The van der Waals surface area contributed by atoms with Crippen molar-refractivity contribution < 1.29 is 14.0 Å². The van der Waals surface area contributed by atoms with Crippen LogP contribution in [-0.4, -0.2) is 47.4 Å². The molecule has 2 heterocycles. The summed E-state index contributed by atoms with van der Waals surface area (Å²) in [5.41, 5.74) is 0.564. The zero-order valence-electron chi connectivity index (χ0n) is 14.6. The molecule has 1 aromatic heterocycles. The van der Waals surface area contributed by atoms with Crippen LogP contribution in [0.15, 0.2) is 29.6 Å². The second-order valence-electron chi connectivity index (χ2n) is 5.90. The number of thiazole rings is 1. The first-order chi connectivity index (χ1) is 12.0. The number of nitrogens with one attached hydrogen (secondary N) is 2. The fraction of sp³-hybridized carbons (Fsp3) is 0.353. The molecule has 0 radical (unpaired) electrons. The molecule has 148 valence electrons. The molecule has 2 N–H and O–H groups in total. The number of piperazine rings is 1. The molecular formula is C17H21Cl2FN4O2S. The first-order valence-electron chi connectivity index (χ1n) is 8.05. The van der Waals surface area contributed by atoms with E-state index in [0.717, 1.165) is 13.1 Å². The number of amides is 2. The van der Waals surface area contributed by atoms with E-state index in [-0.39, 0.29) is 48.7 Å². The van der Waals surface area contributed by atoms with Gasteiger partial charge in [0.25, 0.3) is 5.91 Å². The van der Waals surface area contributed by atoms with Crippen molar-refractivity contribution in [1.29, 1.82) is 0 Å². The summed E-state index contributed by atoms with van der Waals surface area (Å²) in [6.45, 7) is 4.26. The van der Waals surface area contributed by atoms with Gasteiger partial charge in [0.1, 0.15) is 5.82 Å². The predicted molar refractivity (Wildman–Crippen MR) is 109 cm³/mol. The maximum absolute atomic E-state index is 13.6. The Morgan fingerprint density at radius 3 is 2.81 bits per heavy atom. The van der Waals surface area contributed by atoms with Gasteiger partial charge in [-0.3, -0.25) is 14.9 Å². The van der Waals surface area contributed by atoms with Crippen molar-refractivity contribution in [3.8, 4) is 0 Å². The van der Waals surface area contributed by atoms with Crippen molar-refractivity contribution in [3.63, 3.8) is 0 Å². The van der Waals surface area contributed by atoms with E-state index in [1.807, 2.05) is 11.8 Å². The van der Waals surface area contributed by atoms with Gasteiger partial charge in [-0.15, -0.1) is 36.2 Å². The second kappa shape index (κ2) is 10.6. The quantitative estimate of drug-likeness (QED) is 0.775. The average molecular weight is 435 g/mol. The highest BCUT2D eigenvalue weighted by atomic mass is 35.5. The van der Waals surface area contributed by atoms with Crippen LogP contribution in [0, 0.1) is 5.82 Å². The Labute approximate surface area is 173 Å². The minimum absolute atomic E-state index is 0. The van der Waals surface area contributed by atoms with Gasteiger partial charge in [-0.2, -0.15) is 0 Å². The van der Waals surface area contributed by atoms with Gasteiger partial charge in [-0.25, -0.2) is 9.37 Å². The summed E-state index contributed by atoms with van der Waals surface area (Å²) >= 11 is 1.22. The monoisotopic (exact) mass is 434 g/mol. The van der Waals surface area contributed by atoms with Gasteiger partial charge in [0.05, 0.1) is 17.7 Å². The van der Waals surface area contributed by atoms with Crippen molar-refractivity contribution in [2.75, 3.05) is 25.0 Å². The normalized spacial score (nSPS) is 16.1. The lowest BCUT2D eigenvalue weighted by atomic mass is 10.2. The highest BCUT2D eigenvalue weighted by Crippen LogP contribution is 2.18. The molecule has 0 unspecified atom stereocenters. The van der Waals surface area contributed by atoms with Gasteiger partial charge in [-0.05, 0) is 19.1 Å². The highest BCUT2D eigenvalue weighted by molar-refractivity contribution is 7.14. The third kappa shape index (κ3) is 5.87. The molecule has 0 spiro atoms. The Balaban J connectivity index is 0.00000182. The molecule has 1 saturated heterocycles. The number of carbonyl (C=O) groups excluding carboxylic acids is 2. The van der Waals surface area contributed by atoms with Crippen LogP contribution in [0.3, 0.4) is 0 Å². The Hall–Kier alpha value is -1.74. The predicted octanol–water partition coefficient (Wildman–Crippen LogP) is 2.74. The minimum Gasteiger partial charge on any atom is -0.337 e. The lowest BCUT2D eigenvalue weighted by Crippen LogP contribution is -2.52. The van der Waals surface area contributed by atoms with E-state index in [2.05, 4.69) is 15.6 Å². The number of hydrogen-bond acceptors (Lipinski definition) is 5. The second-order valence-corrected chi connectivity index (χ2v) is 6.75. The highest BCUT2D eigenvalue weighted by Gasteiger charge is 2.23. The van der Waals surface area contributed by atoms with Crippen molar-refractivity contribution >= 4 is 53.1 Å². The van der Waals surface area contributed by atoms with Gasteiger partial charge in [-0.1, -0.05) is 12.1 Å². The molecule has 0 bridgehead atoms. The summed E-state index contributed by atoms with van der Waals surface area (Å²) < 4.78 is 13.6. The van der Waals surface area contributed by atoms with E-state index in [1.165, 1.54) is 29.5 Å². The van der Waals surface area contributed by atoms with Crippen LogP contribution in [-0.2, 0) is 11.2 Å². The Kier molecular flexibility index (Phi) is 9.11. The summed E-state index contributed by atoms with van der Waals surface area (Å²) in [4.78, 5) is 30.6. The lowest BCUT2D eigenvalue weighted by Gasteiger charge is -2.33. The summed E-state index contributed by atoms with van der Waals surface area (Å²) in [7, 11) is 0. The summed E-state index contributed by atoms with van der Waals surface area (Å²) in [6, 6.07) is 5.92. The van der Waals surface area contributed by atoms with E-state index in [1.54, 1.807) is 11.4 Å². The molecule has 1 aliphatic heterocycles. The van der Waals surface area contributed by atoms with E-state index in [9.17, 15) is 14.0 Å². The summed E-state index contributed by atoms with van der Waals surface area (Å²) in [5.74, 6) is -1.12. The third-order valence-corrected chi connectivity index (χ3v) is 4.85. The number of carbonyl (C=O) groups is 2. The Morgan fingerprint density at radius 2 is 2.11 bits per heavy atom. The van der Waals surface area contributed by atoms with Crippen LogP contribution in [0.1, 0.15) is 23.0 Å². The molecule has 0 aliphatic carbocycles. The Bertz CT molecular complexity index is 790. The Morgan fingerprint density at radius 1 is 1.37 bits per heavy atom. The van der Waals surface area contributed by atoms with Gasteiger partial charge in [0.2, 0.25) is 5.91 Å². The standard InChI is InChI=1S/C17H19FN4O2S.2ClH/c1-11-9-19-6-7-22(11)15(23)8-12-10-25-17(20-12)21-16(24)13-4-2-3-5-14(13)18;;/h2-5,10-11,19H,6-9H2,1H3,(H,20,21,24);2*1H/t11-;;/m0../s1. The minimum atomic E-state index is -0.584. The number of hydrogen-bond donors (Lipinski definition) is 2. The van der Waals surface area contributed by atoms with Crippen LogP contribution in [0.2, 0.25) is 0 Å². The van der Waals surface area contributed by atoms with Gasteiger partial charge in [0, 0.05) is 31.1 Å². The topological polar surface area (TPSA) is 74.3 Å². The lowest BCUT2D eigenvalue weighted by molar-refractivity contribution is -0.133. The molecule has 27 heavy (non-hydrogen) atoms. The van der Waals surface area contributed by atoms with Crippen LogP contribution < -0.4 is 10.6 Å². The SMILES string of the molecule is C[C@H]1CNCCN1C(=O)Cc1csc(NC(=O)c2ccccc2F)n1.Cl.Cl. The fourth-order valence-electron chi connectivity index (χ4n) is 2.72. The van der Waals surface area contributed by atoms with E-state index in [0.29, 0.717) is 17.4 Å². The average Bonchev–Trinajstić information content (AvgIpc) is 3.02. The van der Waals surface area contributed by atoms with Crippen molar-refractivity contribution in [1.82, 2.24) is 15.2 Å². The molecule has 1 aliphatic rings. The number of aromatic nitrogens is 1. The summed E-state index contributed by atoms with van der Waals surface area (Å²) in [6.07, 6.45) is 0.191. The van der Waals surface area contributed by atoms with E-state index in [4.69, 9.17) is 0 Å². The number of rotatable bonds is 4. The molecular weight excluding hydrogens is 414 g/mol. The summed E-state index contributed by atoms with van der Waals surface area (Å²) in [5, 5.41) is 7.91. The molecule has 2 amide bonds. The molecule has 1 fully saturated rings. The van der Waals surface area contributed by atoms with Gasteiger partial charge >= 0.3 is 0 Å². The smallest absolute Gasteiger partial charge is 0.260 e. The zero-order valence-corrected chi connectivity index (χ0v) is 17.1. The molecule has 1 aromatic carbocycles. The van der Waals surface area contributed by atoms with Gasteiger partial charge in [0.15, 0.2) is 5.13 Å². The largest absolute Gasteiger partial charge is 0.337 e. The number of halogens is 3. The van der Waals surface area contributed by atoms with Crippen LogP contribution in [0.4, 0.5) is 9.52 Å². The van der Waals surface area contributed by atoms with E-state index >= 15 is 0 Å². The van der Waals surface area contributed by atoms with Crippen LogP contribution in [0.25, 0.3) is 0 Å². The van der Waals surface area contributed by atoms with Crippen molar-refractivity contribution in [3.05, 3.63) is 46.7 Å². The molecule has 1 atom stereocenters. The zero-order chi connectivity index (χ0) is 17.8. The molecule has 10 heteroatoms. The number of benzene rings is 1. The number of anilines is 1. The first kappa shape index (κ1) is 23.3. The first-order valence-corrected chi connectivity index (χ1v) is 8.93. The fourth-order valence-corrected chi connectivity index (χ4v) is 3.43. The van der Waals surface area contributed by atoms with Crippen molar-refractivity contribution in [2.24, 2.45) is 0 Å². The van der Waals surface area contributed by atoms with Crippen LogP contribution in [0.5, 0.6) is 0 Å². The van der Waals surface area contributed by atoms with Crippen LogP contribution >= 0.6 is 36.2 Å². The van der Waals surface area contributed by atoms with Crippen molar-refractivity contribution in [2.45, 2.75) is 19.4 Å². The van der Waals surface area contributed by atoms with E-state index < -0.39 is 11.7 Å². The maximum atomic E-state index is 13.6.